The van der Waals surface area contributed by atoms with Gasteiger partial charge in [-0.25, -0.2) is 15.0 Å². The summed E-state index contributed by atoms with van der Waals surface area (Å²) in [5, 5.41) is 20.4. The van der Waals surface area contributed by atoms with E-state index < -0.39 is 5.60 Å². The zero-order valence-electron chi connectivity index (χ0n) is 21.2. The zero-order chi connectivity index (χ0) is 25.7. The minimum absolute atomic E-state index is 0.0107. The molecule has 2 aromatic heterocycles. The Kier molecular flexibility index (Phi) is 8.19. The number of fused-ring (bicyclic) bond motifs is 1. The van der Waals surface area contributed by atoms with Crippen LogP contribution < -0.4 is 4.74 Å². The third-order valence-corrected chi connectivity index (χ3v) is 6.95. The molecule has 0 spiro atoms. The highest BCUT2D eigenvalue weighted by molar-refractivity contribution is 5.97. The molecular weight excluding hydrogens is 458 g/mol. The van der Waals surface area contributed by atoms with Crippen molar-refractivity contribution in [3.8, 4) is 17.7 Å². The smallest absolute Gasteiger partial charge is 0.259 e. The van der Waals surface area contributed by atoms with E-state index in [1.54, 1.807) is 29.6 Å². The van der Waals surface area contributed by atoms with E-state index in [-0.39, 0.29) is 36.5 Å². The molecule has 9 nitrogen and oxygen atoms in total. The van der Waals surface area contributed by atoms with Gasteiger partial charge in [-0.05, 0) is 45.7 Å². The molecule has 9 heteroatoms. The maximum absolute atomic E-state index is 13.6. The molecule has 2 N–H and O–H groups in total. The lowest BCUT2D eigenvalue weighted by Gasteiger charge is -2.37. The fourth-order valence-corrected chi connectivity index (χ4v) is 4.76. The Morgan fingerprint density at radius 2 is 2.00 bits per heavy atom. The van der Waals surface area contributed by atoms with Crippen LogP contribution in [0.15, 0.2) is 31.0 Å². The van der Waals surface area contributed by atoms with Gasteiger partial charge in [-0.3, -0.25) is 9.69 Å². The number of amides is 1. The van der Waals surface area contributed by atoms with E-state index in [1.807, 2.05) is 20.9 Å². The number of aliphatic hydroxyl groups is 2. The molecule has 0 saturated heterocycles. The summed E-state index contributed by atoms with van der Waals surface area (Å²) in [6.07, 6.45) is 9.66. The number of aromatic nitrogens is 3. The quantitative estimate of drug-likeness (QED) is 0.587. The minimum Gasteiger partial charge on any atom is -0.472 e. The van der Waals surface area contributed by atoms with Crippen LogP contribution in [0.4, 0.5) is 0 Å². The van der Waals surface area contributed by atoms with Gasteiger partial charge in [0, 0.05) is 55.3 Å². The summed E-state index contributed by atoms with van der Waals surface area (Å²) in [6, 6.07) is 1.32. The van der Waals surface area contributed by atoms with Gasteiger partial charge < -0.3 is 19.8 Å². The molecule has 4 rings (SSSR count). The Balaban J connectivity index is 1.61. The minimum atomic E-state index is -0.975. The maximum atomic E-state index is 13.6. The Labute approximate surface area is 212 Å². The third-order valence-electron chi connectivity index (χ3n) is 6.95. The molecule has 1 aliphatic heterocycles. The fourth-order valence-electron chi connectivity index (χ4n) is 4.76. The molecule has 2 aliphatic rings. The molecule has 0 radical (unpaired) electrons. The van der Waals surface area contributed by atoms with E-state index in [0.717, 1.165) is 18.4 Å². The van der Waals surface area contributed by atoms with Crippen LogP contribution in [0.3, 0.4) is 0 Å². The number of nitrogens with zero attached hydrogens (tertiary/aromatic N) is 5. The highest BCUT2D eigenvalue weighted by Gasteiger charge is 2.34. The van der Waals surface area contributed by atoms with Crippen molar-refractivity contribution in [3.05, 3.63) is 47.7 Å². The van der Waals surface area contributed by atoms with Crippen molar-refractivity contribution in [2.75, 3.05) is 26.7 Å². The van der Waals surface area contributed by atoms with E-state index in [1.165, 1.54) is 6.33 Å². The third kappa shape index (κ3) is 6.19. The van der Waals surface area contributed by atoms with Gasteiger partial charge in [0.05, 0.1) is 12.6 Å². The number of carbonyl (C=O) groups excluding carboxylic acids is 1. The number of hydrogen-bond donors (Lipinski definition) is 2. The molecule has 1 fully saturated rings. The van der Waals surface area contributed by atoms with Gasteiger partial charge in [-0.1, -0.05) is 18.8 Å². The first-order valence-corrected chi connectivity index (χ1v) is 12.5. The van der Waals surface area contributed by atoms with Crippen molar-refractivity contribution < 1.29 is 19.7 Å². The van der Waals surface area contributed by atoms with Crippen LogP contribution in [0.5, 0.6) is 5.88 Å². The molecule has 1 aliphatic carbocycles. The lowest BCUT2D eigenvalue weighted by Crippen LogP contribution is -2.49. The summed E-state index contributed by atoms with van der Waals surface area (Å²) in [5.41, 5.74) is 0.886. The number of likely N-dealkylation sites (N-methyl/N-ethyl adjacent to an activating group) is 1. The summed E-state index contributed by atoms with van der Waals surface area (Å²) in [6.45, 7) is 5.41. The lowest BCUT2D eigenvalue weighted by molar-refractivity contribution is 0.0325. The second-order valence-corrected chi connectivity index (χ2v) is 10.1. The highest BCUT2D eigenvalue weighted by Crippen LogP contribution is 2.30. The molecule has 0 aromatic carbocycles. The number of aliphatic hydroxyl groups excluding tert-OH is 1. The average molecular weight is 494 g/mol. The fraction of sp³-hybridized carbons (Fsp3) is 0.556. The van der Waals surface area contributed by atoms with Crippen molar-refractivity contribution in [3.63, 3.8) is 0 Å². The monoisotopic (exact) mass is 493 g/mol. The predicted octanol–water partition coefficient (Wildman–Crippen LogP) is 1.88. The Hall–Kier alpha value is -3.06. The Bertz CT molecular complexity index is 1110. The predicted molar refractivity (Wildman–Crippen MR) is 134 cm³/mol. The van der Waals surface area contributed by atoms with Gasteiger partial charge in [0.2, 0.25) is 5.88 Å². The second-order valence-electron chi connectivity index (χ2n) is 10.1. The van der Waals surface area contributed by atoms with Crippen LogP contribution in [0.25, 0.3) is 0 Å². The number of pyridine rings is 1. The summed E-state index contributed by atoms with van der Waals surface area (Å²) in [7, 11) is 2.00. The SMILES string of the molecule is C[C@H]1CN([C@@H](C)CO)C(=O)c2cc(C#CC3(O)CCCC3)cnc2O[C@@H]1CN(C)Cc1cncnc1. The highest BCUT2D eigenvalue weighted by atomic mass is 16.5. The Morgan fingerprint density at radius 3 is 2.69 bits per heavy atom. The molecular formula is C27H35N5O4. The summed E-state index contributed by atoms with van der Waals surface area (Å²) < 4.78 is 6.35. The molecule has 0 bridgehead atoms. The van der Waals surface area contributed by atoms with Crippen molar-refractivity contribution in [1.29, 1.82) is 0 Å². The van der Waals surface area contributed by atoms with Crippen molar-refractivity contribution >= 4 is 5.91 Å². The topological polar surface area (TPSA) is 112 Å². The van der Waals surface area contributed by atoms with Crippen LogP contribution >= 0.6 is 0 Å². The number of ether oxygens (including phenoxy) is 1. The largest absolute Gasteiger partial charge is 0.472 e. The van der Waals surface area contributed by atoms with Crippen LogP contribution in [-0.4, -0.2) is 85.4 Å². The van der Waals surface area contributed by atoms with Gasteiger partial charge >= 0.3 is 0 Å². The standard InChI is InChI=1S/C27H35N5O4/c1-19-14-32(20(2)17-33)26(34)23-10-21(6-9-27(35)7-4-5-8-27)13-30-25(23)36-24(19)16-31(3)15-22-11-28-18-29-12-22/h10-13,18-20,24,33,35H,4-5,7-8,14-17H2,1-3H3/t19-,20-,24+/m0/s1. The lowest BCUT2D eigenvalue weighted by atomic mass is 9.99. The summed E-state index contributed by atoms with van der Waals surface area (Å²) in [5.74, 6) is 5.99. The van der Waals surface area contributed by atoms with Crippen molar-refractivity contribution in [2.24, 2.45) is 5.92 Å². The summed E-state index contributed by atoms with van der Waals surface area (Å²) in [4.78, 5) is 30.0. The molecule has 3 heterocycles. The van der Waals surface area contributed by atoms with Crippen molar-refractivity contribution in [2.45, 2.75) is 63.8 Å². The average Bonchev–Trinajstić information content (AvgIpc) is 3.31. The first-order chi connectivity index (χ1) is 17.3. The summed E-state index contributed by atoms with van der Waals surface area (Å²) >= 11 is 0. The van der Waals surface area contributed by atoms with E-state index >= 15 is 0 Å². The van der Waals surface area contributed by atoms with Crippen molar-refractivity contribution in [1.82, 2.24) is 24.8 Å². The molecule has 36 heavy (non-hydrogen) atoms. The van der Waals surface area contributed by atoms with Crippen LogP contribution in [0.1, 0.15) is 61.0 Å². The van der Waals surface area contributed by atoms with E-state index in [0.29, 0.717) is 43.6 Å². The molecule has 0 unspecified atom stereocenters. The van der Waals surface area contributed by atoms with Gasteiger partial charge in [0.15, 0.2) is 0 Å². The van der Waals surface area contributed by atoms with E-state index in [2.05, 4.69) is 31.7 Å². The number of hydrogen-bond acceptors (Lipinski definition) is 8. The van der Waals surface area contributed by atoms with Crippen LogP contribution in [0, 0.1) is 17.8 Å². The van der Waals surface area contributed by atoms with Gasteiger partial charge in [0.25, 0.3) is 5.91 Å². The van der Waals surface area contributed by atoms with E-state index in [9.17, 15) is 15.0 Å². The Morgan fingerprint density at radius 1 is 1.28 bits per heavy atom. The first kappa shape index (κ1) is 26.0. The molecule has 192 valence electrons. The first-order valence-electron chi connectivity index (χ1n) is 12.5. The van der Waals surface area contributed by atoms with E-state index in [4.69, 9.17) is 4.74 Å². The molecule has 3 atom stereocenters. The zero-order valence-corrected chi connectivity index (χ0v) is 21.2. The van der Waals surface area contributed by atoms with Gasteiger partial charge in [0.1, 0.15) is 23.6 Å². The number of rotatable bonds is 6. The maximum Gasteiger partial charge on any atom is 0.259 e. The number of carbonyl (C=O) groups is 1. The molecule has 1 saturated carbocycles. The van der Waals surface area contributed by atoms with Crippen LogP contribution in [-0.2, 0) is 6.54 Å². The molecule has 1 amide bonds. The molecule has 2 aromatic rings. The van der Waals surface area contributed by atoms with Gasteiger partial charge in [-0.15, -0.1) is 0 Å². The normalized spacial score (nSPS) is 22.2. The van der Waals surface area contributed by atoms with Crippen LogP contribution in [0.2, 0.25) is 0 Å². The second kappa shape index (κ2) is 11.3. The van der Waals surface area contributed by atoms with Gasteiger partial charge in [-0.2, -0.15) is 0 Å².